The highest BCUT2D eigenvalue weighted by molar-refractivity contribution is 7.85. The smallest absolute Gasteiger partial charge is 0.333 e. The van der Waals surface area contributed by atoms with Crippen molar-refractivity contribution < 1.29 is 13.1 Å². The molecule has 1 aliphatic heterocycles. The van der Waals surface area contributed by atoms with Crippen LogP contribution in [0.2, 0.25) is 0 Å². The molecule has 0 bridgehead atoms. The predicted molar refractivity (Wildman–Crippen MR) is 137 cm³/mol. The van der Waals surface area contributed by atoms with E-state index in [4.69, 9.17) is 9.97 Å². The molecule has 0 unspecified atom stereocenters. The summed E-state index contributed by atoms with van der Waals surface area (Å²) < 4.78 is 26.2. The number of sulfonamides is 1. The molecule has 36 heavy (non-hydrogen) atoms. The summed E-state index contributed by atoms with van der Waals surface area (Å²) >= 11 is 0. The summed E-state index contributed by atoms with van der Waals surface area (Å²) in [6, 6.07) is 23.2. The van der Waals surface area contributed by atoms with Crippen molar-refractivity contribution in [2.45, 2.75) is 11.4 Å². The highest BCUT2D eigenvalue weighted by Gasteiger charge is 2.27. The molecule has 0 radical (unpaired) electrons. The summed E-state index contributed by atoms with van der Waals surface area (Å²) in [5, 5.41) is 4.28. The summed E-state index contributed by atoms with van der Waals surface area (Å²) in [6.07, 6.45) is 4.53. The minimum absolute atomic E-state index is 0.0345. The van der Waals surface area contributed by atoms with Gasteiger partial charge in [0.25, 0.3) is 0 Å². The van der Waals surface area contributed by atoms with E-state index in [9.17, 15) is 8.42 Å². The third-order valence-electron chi connectivity index (χ3n) is 5.81. The first-order chi connectivity index (χ1) is 17.6. The lowest BCUT2D eigenvalue weighted by molar-refractivity contribution is -0.350. The normalized spacial score (nSPS) is 13.9. The number of aliphatic imine (C=N–C) groups is 1. The lowest BCUT2D eigenvalue weighted by Gasteiger charge is -2.15. The number of primary sulfonamides is 1. The van der Waals surface area contributed by atoms with Crippen molar-refractivity contribution in [3.05, 3.63) is 90.9 Å². The standard InChI is InChI=1S/C26H19N7O2S/c34-36(35)22-13-18(14-28-25(22)30-16-31-36)24-32-21-11-6-10-20(17-7-2-1-3-8-17)23(21)26(33-24)29-15-19-9-4-5-12-27-19/h1-14,16H,15H2,(H,28,30,31)(H,29,32,33)/p+1. The number of fused-ring (bicyclic) bond motifs is 2. The predicted octanol–water partition coefficient (Wildman–Crippen LogP) is 3.29. The monoisotopic (exact) mass is 494 g/mol. The van der Waals surface area contributed by atoms with Gasteiger partial charge in [0.05, 0.1) is 23.1 Å². The quantitative estimate of drug-likeness (QED) is 0.384. The van der Waals surface area contributed by atoms with Crippen LogP contribution in [0.5, 0.6) is 0 Å². The van der Waals surface area contributed by atoms with Crippen LogP contribution in [0.25, 0.3) is 33.4 Å². The molecule has 0 aliphatic carbocycles. The number of rotatable bonds is 5. The number of nitrogens with two attached hydrogens (primary N) is 1. The van der Waals surface area contributed by atoms with Crippen molar-refractivity contribution in [3.63, 3.8) is 0 Å². The van der Waals surface area contributed by atoms with Gasteiger partial charge in [-0.25, -0.2) is 15.0 Å². The molecule has 0 fully saturated rings. The number of quaternary nitrogens is 1. The van der Waals surface area contributed by atoms with Gasteiger partial charge in [-0.15, -0.1) is 0 Å². The SMILES string of the molecule is O=S1(=O)[NH2+]C=Nc2ncc(-c3nc(NCc4ccccn4)c4c(-c5ccccc5)cccc4n3)cc21. The fraction of sp³-hybridized carbons (Fsp3) is 0.0385. The number of nitrogens with one attached hydrogen (secondary N) is 1. The molecule has 6 rings (SSSR count). The second-order valence-electron chi connectivity index (χ2n) is 8.14. The number of aromatic nitrogens is 4. The summed E-state index contributed by atoms with van der Waals surface area (Å²) in [4.78, 5) is 22.4. The Hall–Kier alpha value is -4.54. The van der Waals surface area contributed by atoms with Crippen LogP contribution in [0.15, 0.2) is 95.1 Å². The van der Waals surface area contributed by atoms with Crippen LogP contribution >= 0.6 is 0 Å². The first-order valence-corrected chi connectivity index (χ1v) is 12.8. The zero-order valence-electron chi connectivity index (χ0n) is 18.9. The van der Waals surface area contributed by atoms with Gasteiger partial charge in [-0.2, -0.15) is 18.1 Å². The molecule has 176 valence electrons. The molecule has 0 saturated heterocycles. The Labute approximate surface area is 207 Å². The van der Waals surface area contributed by atoms with Crippen LogP contribution in [0.4, 0.5) is 11.6 Å². The summed E-state index contributed by atoms with van der Waals surface area (Å²) in [5.74, 6) is 1.13. The number of pyridine rings is 2. The average molecular weight is 495 g/mol. The van der Waals surface area contributed by atoms with Gasteiger partial charge in [0, 0.05) is 18.0 Å². The van der Waals surface area contributed by atoms with Crippen LogP contribution in [0.1, 0.15) is 5.69 Å². The van der Waals surface area contributed by atoms with Crippen LogP contribution in [-0.4, -0.2) is 34.7 Å². The summed E-state index contributed by atoms with van der Waals surface area (Å²) in [5.41, 5.74) is 4.08. The van der Waals surface area contributed by atoms with E-state index < -0.39 is 10.0 Å². The Morgan fingerprint density at radius 2 is 1.72 bits per heavy atom. The molecule has 2 aromatic carbocycles. The molecule has 9 nitrogen and oxygen atoms in total. The molecule has 0 atom stereocenters. The maximum absolute atomic E-state index is 12.5. The Kier molecular flexibility index (Phi) is 5.44. The minimum Gasteiger partial charge on any atom is -0.364 e. The van der Waals surface area contributed by atoms with Crippen LogP contribution in [0.3, 0.4) is 0 Å². The molecule has 0 spiro atoms. The van der Waals surface area contributed by atoms with E-state index in [-0.39, 0.29) is 10.7 Å². The zero-order chi connectivity index (χ0) is 24.5. The van der Waals surface area contributed by atoms with Gasteiger partial charge in [-0.3, -0.25) is 4.98 Å². The topological polar surface area (TPSA) is 127 Å². The van der Waals surface area contributed by atoms with Crippen LogP contribution < -0.4 is 10.0 Å². The van der Waals surface area contributed by atoms with E-state index >= 15 is 0 Å². The molecular formula is C26H20N7O2S+. The van der Waals surface area contributed by atoms with Gasteiger partial charge in [-0.1, -0.05) is 48.5 Å². The maximum atomic E-state index is 12.5. The third kappa shape index (κ3) is 4.08. The first kappa shape index (κ1) is 22.0. The lowest BCUT2D eigenvalue weighted by Crippen LogP contribution is -2.86. The Bertz CT molecular complexity index is 1720. The van der Waals surface area contributed by atoms with Crippen molar-refractivity contribution in [3.8, 4) is 22.5 Å². The summed E-state index contributed by atoms with van der Waals surface area (Å²) in [6.45, 7) is 0.454. The highest BCUT2D eigenvalue weighted by Crippen LogP contribution is 2.35. The number of anilines is 1. The van der Waals surface area contributed by atoms with E-state index in [1.165, 1.54) is 12.4 Å². The second-order valence-corrected chi connectivity index (χ2v) is 9.94. The number of benzene rings is 2. The van der Waals surface area contributed by atoms with Gasteiger partial charge in [0.15, 0.2) is 16.5 Å². The minimum atomic E-state index is -3.63. The molecule has 5 aromatic rings. The second kappa shape index (κ2) is 8.91. The van der Waals surface area contributed by atoms with Gasteiger partial charge in [0.1, 0.15) is 5.82 Å². The van der Waals surface area contributed by atoms with Crippen LogP contribution in [-0.2, 0) is 16.6 Å². The molecule has 3 N–H and O–H groups in total. The van der Waals surface area contributed by atoms with Gasteiger partial charge in [-0.05, 0) is 35.4 Å². The largest absolute Gasteiger partial charge is 0.364 e. The number of hydrogen-bond donors (Lipinski definition) is 2. The van der Waals surface area contributed by atoms with E-state index in [0.29, 0.717) is 23.8 Å². The molecule has 10 heteroatoms. The Balaban J connectivity index is 1.53. The van der Waals surface area contributed by atoms with E-state index in [1.54, 1.807) is 12.4 Å². The Morgan fingerprint density at radius 3 is 2.56 bits per heavy atom. The van der Waals surface area contributed by atoms with Crippen molar-refractivity contribution in [2.75, 3.05) is 5.32 Å². The van der Waals surface area contributed by atoms with Gasteiger partial charge >= 0.3 is 10.0 Å². The van der Waals surface area contributed by atoms with Gasteiger partial charge in [0.2, 0.25) is 6.34 Å². The van der Waals surface area contributed by atoms with Crippen molar-refractivity contribution >= 4 is 38.9 Å². The van der Waals surface area contributed by atoms with E-state index in [1.807, 2.05) is 66.7 Å². The van der Waals surface area contributed by atoms with Crippen molar-refractivity contribution in [1.29, 1.82) is 0 Å². The molecule has 0 amide bonds. The molecular weight excluding hydrogens is 474 g/mol. The summed E-state index contributed by atoms with van der Waals surface area (Å²) in [7, 11) is -3.63. The highest BCUT2D eigenvalue weighted by atomic mass is 32.2. The molecule has 1 aliphatic rings. The third-order valence-corrected chi connectivity index (χ3v) is 7.20. The maximum Gasteiger partial charge on any atom is 0.333 e. The fourth-order valence-corrected chi connectivity index (χ4v) is 5.11. The van der Waals surface area contributed by atoms with E-state index in [2.05, 4.69) is 20.3 Å². The number of nitrogens with zero attached hydrogens (tertiary/aromatic N) is 5. The average Bonchev–Trinajstić information content (AvgIpc) is 2.92. The molecule has 3 aromatic heterocycles. The van der Waals surface area contributed by atoms with Crippen LogP contribution in [0, 0.1) is 0 Å². The lowest BCUT2D eigenvalue weighted by atomic mass is 10.0. The van der Waals surface area contributed by atoms with Crippen molar-refractivity contribution in [2.24, 2.45) is 4.99 Å². The Morgan fingerprint density at radius 1 is 0.861 bits per heavy atom. The first-order valence-electron chi connectivity index (χ1n) is 11.2. The fourth-order valence-electron chi connectivity index (χ4n) is 4.10. The van der Waals surface area contributed by atoms with Crippen molar-refractivity contribution in [1.82, 2.24) is 19.9 Å². The molecule has 0 saturated carbocycles. The number of hydrogen-bond acceptors (Lipinski definition) is 8. The molecule has 4 heterocycles. The van der Waals surface area contributed by atoms with E-state index in [0.717, 1.165) is 32.4 Å². The van der Waals surface area contributed by atoms with Gasteiger partial charge < -0.3 is 5.32 Å². The zero-order valence-corrected chi connectivity index (χ0v) is 19.7.